The lowest BCUT2D eigenvalue weighted by Gasteiger charge is -2.13. The average molecular weight is 179 g/mol. The molecule has 1 aromatic carbocycles. The summed E-state index contributed by atoms with van der Waals surface area (Å²) in [6, 6.07) is 6.31. The molecule has 1 aromatic rings. The smallest absolute Gasteiger partial charge is 0.253 e. The lowest BCUT2D eigenvalue weighted by atomic mass is 10.3. The van der Waals surface area contributed by atoms with Crippen molar-refractivity contribution in [2.45, 2.75) is 6.42 Å². The molecule has 68 valence electrons. The second kappa shape index (κ2) is 3.06. The van der Waals surface area contributed by atoms with Crippen molar-refractivity contribution in [3.63, 3.8) is 0 Å². The number of hydrogen-bond acceptors (Lipinski definition) is 3. The van der Waals surface area contributed by atoms with Crippen molar-refractivity contribution in [1.29, 1.82) is 0 Å². The van der Waals surface area contributed by atoms with Crippen LogP contribution in [0, 0.1) is 0 Å². The average Bonchev–Trinajstić information content (AvgIpc) is 2.53. The molecule has 0 aromatic heterocycles. The number of phenols is 1. The fourth-order valence-corrected chi connectivity index (χ4v) is 1.20. The predicted molar refractivity (Wildman–Crippen MR) is 46.2 cm³/mol. The fraction of sp³-hybridized carbons (Fsp3) is 0.222. The van der Waals surface area contributed by atoms with Gasteiger partial charge in [-0.25, -0.2) is 0 Å². The van der Waals surface area contributed by atoms with Gasteiger partial charge in [-0.1, -0.05) is 0 Å². The van der Waals surface area contributed by atoms with Gasteiger partial charge in [0.05, 0.1) is 18.7 Å². The van der Waals surface area contributed by atoms with Crippen molar-refractivity contribution < 1.29 is 14.7 Å². The Labute approximate surface area is 75.3 Å². The van der Waals surface area contributed by atoms with Gasteiger partial charge in [-0.15, -0.1) is 0 Å². The summed E-state index contributed by atoms with van der Waals surface area (Å²) in [5.41, 5.74) is 0.653. The monoisotopic (exact) mass is 179 g/mol. The summed E-state index contributed by atoms with van der Waals surface area (Å²) in [7, 11) is 0. The maximum absolute atomic E-state index is 11.2. The first-order valence-corrected chi connectivity index (χ1v) is 4.02. The molecule has 1 amide bonds. The van der Waals surface area contributed by atoms with E-state index in [0.29, 0.717) is 18.7 Å². The molecule has 0 aliphatic carbocycles. The molecule has 0 spiro atoms. The minimum Gasteiger partial charge on any atom is -0.508 e. The van der Waals surface area contributed by atoms with E-state index in [2.05, 4.69) is 0 Å². The van der Waals surface area contributed by atoms with Crippen molar-refractivity contribution in [2.75, 3.05) is 11.7 Å². The molecule has 1 saturated heterocycles. The van der Waals surface area contributed by atoms with Crippen molar-refractivity contribution in [1.82, 2.24) is 0 Å². The number of carbonyl (C=O) groups is 1. The van der Waals surface area contributed by atoms with Crippen LogP contribution in [0.5, 0.6) is 5.75 Å². The zero-order valence-corrected chi connectivity index (χ0v) is 6.93. The van der Waals surface area contributed by atoms with Crippen molar-refractivity contribution in [2.24, 2.45) is 0 Å². The normalized spacial score (nSPS) is 16.6. The number of hydrogen-bond donors (Lipinski definition) is 1. The number of benzene rings is 1. The Kier molecular flexibility index (Phi) is 1.90. The van der Waals surface area contributed by atoms with Crippen LogP contribution in [-0.4, -0.2) is 17.6 Å². The van der Waals surface area contributed by atoms with E-state index in [4.69, 9.17) is 9.94 Å². The third-order valence-corrected chi connectivity index (χ3v) is 1.85. The third kappa shape index (κ3) is 1.48. The zero-order valence-electron chi connectivity index (χ0n) is 6.93. The molecular weight excluding hydrogens is 170 g/mol. The fourth-order valence-electron chi connectivity index (χ4n) is 1.20. The van der Waals surface area contributed by atoms with Crippen molar-refractivity contribution in [3.8, 4) is 5.75 Å². The van der Waals surface area contributed by atoms with Gasteiger partial charge in [0.2, 0.25) is 0 Å². The summed E-state index contributed by atoms with van der Waals surface area (Å²) < 4.78 is 0. The summed E-state index contributed by atoms with van der Waals surface area (Å²) in [4.78, 5) is 16.3. The summed E-state index contributed by atoms with van der Waals surface area (Å²) >= 11 is 0. The van der Waals surface area contributed by atoms with Gasteiger partial charge < -0.3 is 5.11 Å². The van der Waals surface area contributed by atoms with Crippen LogP contribution in [-0.2, 0) is 9.63 Å². The van der Waals surface area contributed by atoms with Gasteiger partial charge in [-0.2, -0.15) is 5.06 Å². The number of anilines is 1. The molecular formula is C9H9NO3. The van der Waals surface area contributed by atoms with Crippen molar-refractivity contribution >= 4 is 11.6 Å². The van der Waals surface area contributed by atoms with Gasteiger partial charge in [0.25, 0.3) is 5.91 Å². The van der Waals surface area contributed by atoms with E-state index in [9.17, 15) is 4.79 Å². The summed E-state index contributed by atoms with van der Waals surface area (Å²) in [6.45, 7) is 0.430. The first-order valence-electron chi connectivity index (χ1n) is 4.02. The Morgan fingerprint density at radius 2 is 2.00 bits per heavy atom. The molecule has 2 rings (SSSR count). The molecule has 4 heteroatoms. The zero-order chi connectivity index (χ0) is 9.26. The van der Waals surface area contributed by atoms with Gasteiger partial charge in [-0.05, 0) is 24.3 Å². The first-order chi connectivity index (χ1) is 6.27. The first kappa shape index (κ1) is 8.07. The second-order valence-corrected chi connectivity index (χ2v) is 2.79. The number of rotatable bonds is 1. The molecule has 13 heavy (non-hydrogen) atoms. The van der Waals surface area contributed by atoms with Gasteiger partial charge in [-0.3, -0.25) is 9.63 Å². The Morgan fingerprint density at radius 3 is 2.54 bits per heavy atom. The summed E-state index contributed by atoms with van der Waals surface area (Å²) in [5, 5.41) is 10.3. The molecule has 1 aliphatic heterocycles. The molecule has 0 radical (unpaired) electrons. The standard InChI is InChI=1S/C9H9NO3/c11-8-3-1-7(2-4-8)10-9(12)5-6-13-10/h1-4,11H,5-6H2. The van der Waals surface area contributed by atoms with Crippen molar-refractivity contribution in [3.05, 3.63) is 24.3 Å². The molecule has 0 bridgehead atoms. The minimum absolute atomic E-state index is 0.0503. The number of phenolic OH excluding ortho intramolecular Hbond substituents is 1. The molecule has 0 saturated carbocycles. The van der Waals surface area contributed by atoms with E-state index in [0.717, 1.165) is 0 Å². The van der Waals surface area contributed by atoms with Crippen LogP contribution in [0.25, 0.3) is 0 Å². The molecule has 0 atom stereocenters. The van der Waals surface area contributed by atoms with E-state index in [1.807, 2.05) is 0 Å². The summed E-state index contributed by atoms with van der Waals surface area (Å²) in [5.74, 6) is 0.126. The third-order valence-electron chi connectivity index (χ3n) is 1.85. The van der Waals surface area contributed by atoms with E-state index in [-0.39, 0.29) is 11.7 Å². The Morgan fingerprint density at radius 1 is 1.31 bits per heavy atom. The number of nitrogens with zero attached hydrogens (tertiary/aromatic N) is 1. The van der Waals surface area contributed by atoms with Crippen LogP contribution in [0.2, 0.25) is 0 Å². The van der Waals surface area contributed by atoms with Gasteiger partial charge >= 0.3 is 0 Å². The van der Waals surface area contributed by atoms with E-state index in [1.165, 1.54) is 17.2 Å². The largest absolute Gasteiger partial charge is 0.508 e. The molecule has 1 heterocycles. The molecule has 1 fully saturated rings. The highest BCUT2D eigenvalue weighted by atomic mass is 16.7. The lowest BCUT2D eigenvalue weighted by molar-refractivity contribution is -0.119. The van der Waals surface area contributed by atoms with E-state index >= 15 is 0 Å². The topological polar surface area (TPSA) is 49.8 Å². The quantitative estimate of drug-likeness (QED) is 0.701. The molecule has 0 unspecified atom stereocenters. The second-order valence-electron chi connectivity index (χ2n) is 2.79. The Bertz CT molecular complexity index is 320. The van der Waals surface area contributed by atoms with Gasteiger partial charge in [0, 0.05) is 0 Å². The SMILES string of the molecule is O=C1CCON1c1ccc(O)cc1. The van der Waals surface area contributed by atoms with E-state index < -0.39 is 0 Å². The molecule has 1 aliphatic rings. The van der Waals surface area contributed by atoms with E-state index in [1.54, 1.807) is 12.1 Å². The van der Waals surface area contributed by atoms with Crippen LogP contribution in [0.3, 0.4) is 0 Å². The van der Waals surface area contributed by atoms with Crippen LogP contribution in [0.15, 0.2) is 24.3 Å². The maximum Gasteiger partial charge on any atom is 0.253 e. The number of aromatic hydroxyl groups is 1. The highest BCUT2D eigenvalue weighted by Gasteiger charge is 2.22. The summed E-state index contributed by atoms with van der Waals surface area (Å²) in [6.07, 6.45) is 0.418. The number of hydroxylamine groups is 1. The maximum atomic E-state index is 11.2. The predicted octanol–water partition coefficient (Wildman–Crippen LogP) is 1.06. The molecule has 4 nitrogen and oxygen atoms in total. The Balaban J connectivity index is 2.25. The Hall–Kier alpha value is -1.55. The minimum atomic E-state index is -0.0503. The van der Waals surface area contributed by atoms with Crippen LogP contribution in [0.1, 0.15) is 6.42 Å². The van der Waals surface area contributed by atoms with Gasteiger partial charge in [0.15, 0.2) is 0 Å². The van der Waals surface area contributed by atoms with Crippen LogP contribution < -0.4 is 5.06 Å². The highest BCUT2D eigenvalue weighted by Crippen LogP contribution is 2.22. The highest BCUT2D eigenvalue weighted by molar-refractivity contribution is 5.92. The van der Waals surface area contributed by atoms with Crippen LogP contribution >= 0.6 is 0 Å². The lowest BCUT2D eigenvalue weighted by Crippen LogP contribution is -2.21. The van der Waals surface area contributed by atoms with Crippen LogP contribution in [0.4, 0.5) is 5.69 Å². The number of carbonyl (C=O) groups excluding carboxylic acids is 1. The number of amides is 1. The van der Waals surface area contributed by atoms with Gasteiger partial charge in [0.1, 0.15) is 5.75 Å². The molecule has 1 N–H and O–H groups in total.